The zero-order chi connectivity index (χ0) is 9.10. The maximum absolute atomic E-state index is 8.97. The number of hydrogen-bond donors (Lipinski definition) is 1. The molecule has 2 aromatic rings. The van der Waals surface area contributed by atoms with E-state index in [4.69, 9.17) is 5.11 Å². The standard InChI is InChI=1S/C9H8N2OS/c12-6-8-9(13-11-10-8)7-4-2-1-3-5-7/h1-5,12H,6H2. The fourth-order valence-corrected chi connectivity index (χ4v) is 1.79. The van der Waals surface area contributed by atoms with Gasteiger partial charge in [-0.1, -0.05) is 34.8 Å². The van der Waals surface area contributed by atoms with Crippen LogP contribution in [0.4, 0.5) is 0 Å². The molecule has 13 heavy (non-hydrogen) atoms. The van der Waals surface area contributed by atoms with Gasteiger partial charge in [-0.2, -0.15) is 0 Å². The second-order valence-corrected chi connectivity index (χ2v) is 3.33. The molecule has 0 aliphatic heterocycles. The van der Waals surface area contributed by atoms with E-state index in [0.29, 0.717) is 5.69 Å². The van der Waals surface area contributed by atoms with Crippen LogP contribution < -0.4 is 0 Å². The smallest absolute Gasteiger partial charge is 0.109 e. The second kappa shape index (κ2) is 3.64. The third-order valence-electron chi connectivity index (χ3n) is 1.74. The lowest BCUT2D eigenvalue weighted by atomic mass is 10.2. The van der Waals surface area contributed by atoms with Crippen molar-refractivity contribution in [1.29, 1.82) is 0 Å². The summed E-state index contributed by atoms with van der Waals surface area (Å²) in [5, 5.41) is 12.8. The third kappa shape index (κ3) is 1.59. The molecule has 1 N–H and O–H groups in total. The number of aliphatic hydroxyl groups is 1. The van der Waals surface area contributed by atoms with Gasteiger partial charge in [0.2, 0.25) is 0 Å². The van der Waals surface area contributed by atoms with E-state index in [9.17, 15) is 0 Å². The SMILES string of the molecule is OCc1nnsc1-c1ccccc1. The molecule has 0 unspecified atom stereocenters. The van der Waals surface area contributed by atoms with Gasteiger partial charge in [0.25, 0.3) is 0 Å². The van der Waals surface area contributed by atoms with Gasteiger partial charge in [0, 0.05) is 0 Å². The van der Waals surface area contributed by atoms with E-state index >= 15 is 0 Å². The van der Waals surface area contributed by atoms with Crippen molar-refractivity contribution in [2.45, 2.75) is 6.61 Å². The van der Waals surface area contributed by atoms with Gasteiger partial charge in [-0.05, 0) is 17.1 Å². The van der Waals surface area contributed by atoms with E-state index in [1.54, 1.807) is 0 Å². The van der Waals surface area contributed by atoms with Crippen LogP contribution >= 0.6 is 11.5 Å². The lowest BCUT2D eigenvalue weighted by Crippen LogP contribution is -1.85. The molecule has 3 nitrogen and oxygen atoms in total. The van der Waals surface area contributed by atoms with Crippen molar-refractivity contribution in [1.82, 2.24) is 9.59 Å². The highest BCUT2D eigenvalue weighted by Gasteiger charge is 2.07. The predicted molar refractivity (Wildman–Crippen MR) is 51.3 cm³/mol. The highest BCUT2D eigenvalue weighted by molar-refractivity contribution is 7.09. The molecule has 0 saturated carbocycles. The van der Waals surface area contributed by atoms with E-state index < -0.39 is 0 Å². The van der Waals surface area contributed by atoms with E-state index in [0.717, 1.165) is 10.4 Å². The Morgan fingerprint density at radius 2 is 2.00 bits per heavy atom. The Morgan fingerprint density at radius 1 is 1.23 bits per heavy atom. The summed E-state index contributed by atoms with van der Waals surface area (Å²) in [5.74, 6) is 0. The highest BCUT2D eigenvalue weighted by Crippen LogP contribution is 2.25. The molecule has 0 fully saturated rings. The Balaban J connectivity index is 2.47. The molecule has 1 aromatic carbocycles. The van der Waals surface area contributed by atoms with Crippen molar-refractivity contribution in [3.63, 3.8) is 0 Å². The molecule has 0 radical (unpaired) electrons. The largest absolute Gasteiger partial charge is 0.390 e. The molecule has 0 amide bonds. The van der Waals surface area contributed by atoms with Crippen LogP contribution in [0.3, 0.4) is 0 Å². The van der Waals surface area contributed by atoms with Crippen LogP contribution in [0.2, 0.25) is 0 Å². The van der Waals surface area contributed by atoms with Gasteiger partial charge in [0.05, 0.1) is 11.5 Å². The molecular weight excluding hydrogens is 184 g/mol. The summed E-state index contributed by atoms with van der Waals surface area (Å²) in [6.45, 7) is -0.0548. The van der Waals surface area contributed by atoms with Gasteiger partial charge >= 0.3 is 0 Å². The first-order chi connectivity index (χ1) is 6.42. The average Bonchev–Trinajstić information content (AvgIpc) is 2.67. The zero-order valence-electron chi connectivity index (χ0n) is 6.84. The zero-order valence-corrected chi connectivity index (χ0v) is 7.66. The third-order valence-corrected chi connectivity index (χ3v) is 2.56. The van der Waals surface area contributed by atoms with E-state index in [1.807, 2.05) is 30.3 Å². The summed E-state index contributed by atoms with van der Waals surface area (Å²) in [4.78, 5) is 0.947. The Labute approximate surface area is 79.8 Å². The molecule has 0 aliphatic rings. The average molecular weight is 192 g/mol. The Hall–Kier alpha value is -1.26. The summed E-state index contributed by atoms with van der Waals surface area (Å²) in [5.41, 5.74) is 1.71. The summed E-state index contributed by atoms with van der Waals surface area (Å²) in [6.07, 6.45) is 0. The highest BCUT2D eigenvalue weighted by atomic mass is 32.1. The molecule has 0 spiro atoms. The van der Waals surface area contributed by atoms with Gasteiger partial charge in [-0.3, -0.25) is 0 Å². The lowest BCUT2D eigenvalue weighted by Gasteiger charge is -1.96. The molecule has 66 valence electrons. The number of nitrogens with zero attached hydrogens (tertiary/aromatic N) is 2. The summed E-state index contributed by atoms with van der Waals surface area (Å²) in [7, 11) is 0. The first kappa shape index (κ1) is 8.34. The quantitative estimate of drug-likeness (QED) is 0.787. The maximum atomic E-state index is 8.97. The number of hydrogen-bond acceptors (Lipinski definition) is 4. The minimum absolute atomic E-state index is 0.0548. The van der Waals surface area contributed by atoms with Crippen LogP contribution in [-0.4, -0.2) is 14.7 Å². The molecule has 1 aromatic heterocycles. The Kier molecular flexibility index (Phi) is 2.33. The van der Waals surface area contributed by atoms with Crippen LogP contribution in [0.25, 0.3) is 10.4 Å². The molecule has 4 heteroatoms. The Morgan fingerprint density at radius 3 is 2.69 bits per heavy atom. The normalized spacial score (nSPS) is 10.2. The fraction of sp³-hybridized carbons (Fsp3) is 0.111. The molecule has 2 rings (SSSR count). The summed E-state index contributed by atoms with van der Waals surface area (Å²) >= 11 is 1.31. The van der Waals surface area contributed by atoms with Crippen molar-refractivity contribution in [3.05, 3.63) is 36.0 Å². The first-order valence-electron chi connectivity index (χ1n) is 3.89. The first-order valence-corrected chi connectivity index (χ1v) is 4.66. The van der Waals surface area contributed by atoms with Gasteiger partial charge in [0.15, 0.2) is 0 Å². The molecule has 0 aliphatic carbocycles. The summed E-state index contributed by atoms with van der Waals surface area (Å²) < 4.78 is 3.80. The molecule has 0 saturated heterocycles. The molecule has 1 heterocycles. The number of aliphatic hydroxyl groups excluding tert-OH is 1. The minimum atomic E-state index is -0.0548. The van der Waals surface area contributed by atoms with Crippen molar-refractivity contribution >= 4 is 11.5 Å². The van der Waals surface area contributed by atoms with Crippen molar-refractivity contribution in [2.24, 2.45) is 0 Å². The summed E-state index contributed by atoms with van der Waals surface area (Å²) in [6, 6.07) is 9.83. The van der Waals surface area contributed by atoms with E-state index in [-0.39, 0.29) is 6.61 Å². The van der Waals surface area contributed by atoms with Crippen LogP contribution in [0, 0.1) is 0 Å². The van der Waals surface area contributed by atoms with E-state index in [1.165, 1.54) is 11.5 Å². The van der Waals surface area contributed by atoms with Gasteiger partial charge in [-0.25, -0.2) is 0 Å². The second-order valence-electron chi connectivity index (χ2n) is 2.57. The van der Waals surface area contributed by atoms with Gasteiger partial charge in [0.1, 0.15) is 5.69 Å². The lowest BCUT2D eigenvalue weighted by molar-refractivity contribution is 0.277. The van der Waals surface area contributed by atoms with Crippen LogP contribution in [0.5, 0.6) is 0 Å². The Bertz CT molecular complexity index is 386. The molecule has 0 bridgehead atoms. The van der Waals surface area contributed by atoms with Crippen molar-refractivity contribution in [3.8, 4) is 10.4 Å². The minimum Gasteiger partial charge on any atom is -0.390 e. The topological polar surface area (TPSA) is 46.0 Å². The van der Waals surface area contributed by atoms with Crippen LogP contribution in [-0.2, 0) is 6.61 Å². The van der Waals surface area contributed by atoms with Crippen molar-refractivity contribution < 1.29 is 5.11 Å². The fourth-order valence-electron chi connectivity index (χ4n) is 1.12. The molecule has 0 atom stereocenters. The number of aromatic nitrogens is 2. The van der Waals surface area contributed by atoms with Gasteiger partial charge in [-0.15, -0.1) is 5.10 Å². The van der Waals surface area contributed by atoms with Crippen LogP contribution in [0.15, 0.2) is 30.3 Å². The predicted octanol–water partition coefficient (Wildman–Crippen LogP) is 1.70. The van der Waals surface area contributed by atoms with Gasteiger partial charge < -0.3 is 5.11 Å². The van der Waals surface area contributed by atoms with Crippen molar-refractivity contribution in [2.75, 3.05) is 0 Å². The number of benzene rings is 1. The number of rotatable bonds is 2. The monoisotopic (exact) mass is 192 g/mol. The van der Waals surface area contributed by atoms with Crippen LogP contribution in [0.1, 0.15) is 5.69 Å². The van der Waals surface area contributed by atoms with E-state index in [2.05, 4.69) is 9.59 Å². The molecular formula is C9H8N2OS. The maximum Gasteiger partial charge on any atom is 0.109 e.